The summed E-state index contributed by atoms with van der Waals surface area (Å²) in [5.74, 6) is 1.02. The highest BCUT2D eigenvalue weighted by atomic mass is 16.5. The number of urea groups is 1. The van der Waals surface area contributed by atoms with Gasteiger partial charge in [0.1, 0.15) is 41.3 Å². The Balaban J connectivity index is 1.52. The lowest BCUT2D eigenvalue weighted by molar-refractivity contribution is 0.111. The molecule has 0 unspecified atom stereocenters. The van der Waals surface area contributed by atoms with Crippen molar-refractivity contribution < 1.29 is 19.4 Å². The van der Waals surface area contributed by atoms with Crippen LogP contribution in [-0.2, 0) is 13.0 Å². The molecule has 0 aliphatic carbocycles. The number of ether oxygens (including phenoxy) is 1. The van der Waals surface area contributed by atoms with Crippen molar-refractivity contribution in [2.45, 2.75) is 38.3 Å². The summed E-state index contributed by atoms with van der Waals surface area (Å²) in [6, 6.07) is 5.18. The molecule has 0 aromatic carbocycles. The Morgan fingerprint density at radius 2 is 2.24 bits per heavy atom. The summed E-state index contributed by atoms with van der Waals surface area (Å²) in [4.78, 5) is 36.6. The number of nitrogens with one attached hydrogen (secondary N) is 1. The number of aldehydes is 1. The number of nitriles is 1. The van der Waals surface area contributed by atoms with E-state index < -0.39 is 6.03 Å². The molecule has 2 aliphatic rings. The topological polar surface area (TPSA) is 132 Å². The highest BCUT2D eigenvalue weighted by molar-refractivity contribution is 6.01. The molecule has 10 heteroatoms. The molecule has 2 amide bonds. The third-order valence-corrected chi connectivity index (χ3v) is 6.13. The van der Waals surface area contributed by atoms with E-state index in [1.807, 2.05) is 0 Å². The van der Waals surface area contributed by atoms with Gasteiger partial charge in [0, 0.05) is 24.2 Å². The van der Waals surface area contributed by atoms with E-state index in [4.69, 9.17) is 4.74 Å². The standard InChI is InChI=1S/C23H26N6O4/c1-28-6-3-5-18(28)14-33-20-9-21(25-11-17(20)10-24)27-23(32)29-7-2-4-15-8-16(12-30)19(13-31)26-22(15)29/h8-9,11,13,18,30H,2-7,12,14H2,1H3,(H,25,27,32)/t18-/m1/s1. The number of aryl methyl sites for hydroxylation is 1. The fraction of sp³-hybridized carbons (Fsp3) is 0.435. The molecular weight excluding hydrogens is 424 g/mol. The number of rotatable bonds is 6. The Morgan fingerprint density at radius 3 is 2.94 bits per heavy atom. The second kappa shape index (κ2) is 9.94. The number of hydrogen-bond acceptors (Lipinski definition) is 8. The summed E-state index contributed by atoms with van der Waals surface area (Å²) >= 11 is 0. The third kappa shape index (κ3) is 4.79. The summed E-state index contributed by atoms with van der Waals surface area (Å²) in [6.45, 7) is 1.60. The quantitative estimate of drug-likeness (QED) is 0.640. The molecule has 0 spiro atoms. The van der Waals surface area contributed by atoms with E-state index in [-0.39, 0.29) is 24.2 Å². The third-order valence-electron chi connectivity index (χ3n) is 6.13. The van der Waals surface area contributed by atoms with Crippen molar-refractivity contribution >= 4 is 24.0 Å². The monoisotopic (exact) mass is 450 g/mol. The first-order chi connectivity index (χ1) is 16.0. The lowest BCUT2D eigenvalue weighted by atomic mass is 10.0. The van der Waals surface area contributed by atoms with Gasteiger partial charge in [0.25, 0.3) is 0 Å². The number of aliphatic hydroxyl groups excluding tert-OH is 1. The zero-order valence-corrected chi connectivity index (χ0v) is 18.5. The number of pyridine rings is 2. The highest BCUT2D eigenvalue weighted by Crippen LogP contribution is 2.28. The van der Waals surface area contributed by atoms with E-state index in [0.717, 1.165) is 31.4 Å². The Morgan fingerprint density at radius 1 is 1.39 bits per heavy atom. The van der Waals surface area contributed by atoms with Crippen molar-refractivity contribution in [1.29, 1.82) is 5.26 Å². The minimum Gasteiger partial charge on any atom is -0.490 e. The number of carbonyl (C=O) groups excluding carboxylic acids is 2. The average molecular weight is 450 g/mol. The van der Waals surface area contributed by atoms with Crippen LogP contribution in [0.4, 0.5) is 16.4 Å². The summed E-state index contributed by atoms with van der Waals surface area (Å²) < 4.78 is 5.92. The SMILES string of the molecule is CN1CCC[C@@H]1COc1cc(NC(=O)N2CCCc3cc(CO)c(C=O)nc32)ncc1C#N. The molecule has 1 saturated heterocycles. The molecule has 172 valence electrons. The van der Waals surface area contributed by atoms with Crippen LogP contribution in [0, 0.1) is 11.3 Å². The Bertz CT molecular complexity index is 1100. The van der Waals surface area contributed by atoms with Gasteiger partial charge in [-0.1, -0.05) is 0 Å². The van der Waals surface area contributed by atoms with Gasteiger partial charge in [-0.3, -0.25) is 15.0 Å². The van der Waals surface area contributed by atoms with E-state index in [1.165, 1.54) is 11.1 Å². The number of carbonyl (C=O) groups is 2. The molecular formula is C23H26N6O4. The van der Waals surface area contributed by atoms with Crippen LogP contribution in [-0.4, -0.2) is 65.1 Å². The molecule has 2 N–H and O–H groups in total. The van der Waals surface area contributed by atoms with Crippen molar-refractivity contribution in [3.63, 3.8) is 0 Å². The minimum absolute atomic E-state index is 0.111. The minimum atomic E-state index is -0.448. The molecule has 4 rings (SSSR count). The second-order valence-electron chi connectivity index (χ2n) is 8.24. The summed E-state index contributed by atoms with van der Waals surface area (Å²) in [6.07, 6.45) is 5.52. The lowest BCUT2D eigenvalue weighted by Crippen LogP contribution is -2.40. The van der Waals surface area contributed by atoms with E-state index in [1.54, 1.807) is 12.1 Å². The first kappa shape index (κ1) is 22.6. The molecule has 0 bridgehead atoms. The van der Waals surface area contributed by atoms with Crippen molar-refractivity contribution in [3.8, 4) is 11.8 Å². The fourth-order valence-corrected chi connectivity index (χ4v) is 4.25. The zero-order valence-electron chi connectivity index (χ0n) is 18.5. The molecule has 4 heterocycles. The largest absolute Gasteiger partial charge is 0.490 e. The molecule has 0 radical (unpaired) electrons. The maximum atomic E-state index is 13.0. The maximum Gasteiger partial charge on any atom is 0.328 e. The predicted molar refractivity (Wildman–Crippen MR) is 120 cm³/mol. The van der Waals surface area contributed by atoms with E-state index in [9.17, 15) is 20.0 Å². The van der Waals surface area contributed by atoms with E-state index in [0.29, 0.717) is 48.6 Å². The van der Waals surface area contributed by atoms with Crippen molar-refractivity contribution in [1.82, 2.24) is 14.9 Å². The van der Waals surface area contributed by atoms with Crippen LogP contribution >= 0.6 is 0 Å². The Kier molecular flexibility index (Phi) is 6.82. The zero-order chi connectivity index (χ0) is 23.4. The number of likely N-dealkylation sites (tertiary alicyclic amines) is 1. The van der Waals surface area contributed by atoms with Crippen LogP contribution in [0.15, 0.2) is 18.3 Å². The second-order valence-corrected chi connectivity index (χ2v) is 8.24. The van der Waals surface area contributed by atoms with E-state index in [2.05, 4.69) is 33.3 Å². The van der Waals surface area contributed by atoms with Crippen LogP contribution in [0.3, 0.4) is 0 Å². The van der Waals surface area contributed by atoms with Gasteiger partial charge in [0.15, 0.2) is 6.29 Å². The molecule has 0 saturated carbocycles. The van der Waals surface area contributed by atoms with Gasteiger partial charge in [0.2, 0.25) is 0 Å². The molecule has 10 nitrogen and oxygen atoms in total. The first-order valence-electron chi connectivity index (χ1n) is 10.9. The average Bonchev–Trinajstić information content (AvgIpc) is 3.25. The van der Waals surface area contributed by atoms with Crippen LogP contribution in [0.2, 0.25) is 0 Å². The summed E-state index contributed by atoms with van der Waals surface area (Å²) in [5, 5.41) is 21.6. The summed E-state index contributed by atoms with van der Waals surface area (Å²) in [7, 11) is 2.05. The first-order valence-corrected chi connectivity index (χ1v) is 10.9. The molecule has 2 aromatic heterocycles. The number of hydrogen-bond donors (Lipinski definition) is 2. The predicted octanol–water partition coefficient (Wildman–Crippen LogP) is 2.11. The lowest BCUT2D eigenvalue weighted by Gasteiger charge is -2.29. The number of anilines is 2. The van der Waals surface area contributed by atoms with Crippen molar-refractivity contribution in [2.24, 2.45) is 0 Å². The fourth-order valence-electron chi connectivity index (χ4n) is 4.25. The van der Waals surface area contributed by atoms with Crippen LogP contribution < -0.4 is 15.0 Å². The highest BCUT2D eigenvalue weighted by Gasteiger charge is 2.26. The normalized spacial score (nSPS) is 17.8. The van der Waals surface area contributed by atoms with Gasteiger partial charge < -0.3 is 14.7 Å². The molecule has 2 aromatic rings. The molecule has 33 heavy (non-hydrogen) atoms. The number of aliphatic hydroxyl groups is 1. The van der Waals surface area contributed by atoms with Crippen LogP contribution in [0.1, 0.15) is 46.4 Å². The number of nitrogens with zero attached hydrogens (tertiary/aromatic N) is 5. The van der Waals surface area contributed by atoms with Crippen molar-refractivity contribution in [3.05, 3.63) is 40.7 Å². The van der Waals surface area contributed by atoms with E-state index >= 15 is 0 Å². The number of likely N-dealkylation sites (N-methyl/N-ethyl adjacent to an activating group) is 1. The van der Waals surface area contributed by atoms with Crippen molar-refractivity contribution in [2.75, 3.05) is 37.0 Å². The maximum absolute atomic E-state index is 13.0. The van der Waals surface area contributed by atoms with Crippen LogP contribution in [0.5, 0.6) is 5.75 Å². The number of aromatic nitrogens is 2. The smallest absolute Gasteiger partial charge is 0.328 e. The van der Waals surface area contributed by atoms with Gasteiger partial charge in [-0.05, 0) is 50.9 Å². The van der Waals surface area contributed by atoms with Gasteiger partial charge >= 0.3 is 6.03 Å². The Labute approximate surface area is 191 Å². The molecule has 1 atom stereocenters. The molecule has 2 aliphatic heterocycles. The van der Waals surface area contributed by atoms with Gasteiger partial charge in [0.05, 0.1) is 12.8 Å². The summed E-state index contributed by atoms with van der Waals surface area (Å²) in [5.41, 5.74) is 1.64. The van der Waals surface area contributed by atoms with Gasteiger partial charge in [-0.25, -0.2) is 14.8 Å². The van der Waals surface area contributed by atoms with Gasteiger partial charge in [-0.2, -0.15) is 5.26 Å². The molecule has 1 fully saturated rings. The number of amides is 2. The van der Waals surface area contributed by atoms with Gasteiger partial charge in [-0.15, -0.1) is 0 Å². The Hall–Kier alpha value is -3.55. The van der Waals surface area contributed by atoms with Crippen LogP contribution in [0.25, 0.3) is 0 Å². The number of fused-ring (bicyclic) bond motifs is 1.